The molecular formula is C24H38IN5O3. The van der Waals surface area contributed by atoms with Gasteiger partial charge in [-0.2, -0.15) is 0 Å². The lowest BCUT2D eigenvalue weighted by Gasteiger charge is -2.36. The highest BCUT2D eigenvalue weighted by Gasteiger charge is 2.21. The van der Waals surface area contributed by atoms with Gasteiger partial charge in [-0.25, -0.2) is 0 Å². The summed E-state index contributed by atoms with van der Waals surface area (Å²) in [5.41, 5.74) is 2.27. The lowest BCUT2D eigenvalue weighted by molar-refractivity contribution is 0.172. The molecule has 0 saturated carbocycles. The number of hydrogen-bond donors (Lipinski definition) is 1. The van der Waals surface area contributed by atoms with Gasteiger partial charge in [0.25, 0.3) is 0 Å². The zero-order valence-corrected chi connectivity index (χ0v) is 22.8. The third kappa shape index (κ3) is 7.23. The van der Waals surface area contributed by atoms with Crippen molar-refractivity contribution in [2.45, 2.75) is 45.7 Å². The summed E-state index contributed by atoms with van der Waals surface area (Å²) in [6.07, 6.45) is 2.15. The maximum atomic E-state index is 5.54. The molecule has 0 atom stereocenters. The Labute approximate surface area is 214 Å². The molecule has 33 heavy (non-hydrogen) atoms. The highest BCUT2D eigenvalue weighted by molar-refractivity contribution is 14.0. The van der Waals surface area contributed by atoms with E-state index in [-0.39, 0.29) is 24.0 Å². The molecule has 1 N–H and O–H groups in total. The highest BCUT2D eigenvalue weighted by atomic mass is 127. The Hall–Kier alpha value is -2.01. The lowest BCUT2D eigenvalue weighted by atomic mass is 9.99. The lowest BCUT2D eigenvalue weighted by Crippen LogP contribution is -2.52. The fraction of sp³-hybridized carbons (Fsp3) is 0.583. The van der Waals surface area contributed by atoms with Crippen LogP contribution in [0.4, 0.5) is 0 Å². The Bertz CT molecular complexity index is 877. The van der Waals surface area contributed by atoms with E-state index in [2.05, 4.69) is 57.3 Å². The summed E-state index contributed by atoms with van der Waals surface area (Å²) < 4.78 is 16.3. The van der Waals surface area contributed by atoms with E-state index in [9.17, 15) is 0 Å². The third-order valence-electron chi connectivity index (χ3n) is 6.14. The average molecular weight is 572 g/mol. The molecule has 2 heterocycles. The molecule has 1 aromatic heterocycles. The van der Waals surface area contributed by atoms with Gasteiger partial charge in [0, 0.05) is 51.8 Å². The van der Waals surface area contributed by atoms with Gasteiger partial charge in [0.1, 0.15) is 0 Å². The van der Waals surface area contributed by atoms with E-state index in [1.165, 1.54) is 5.56 Å². The summed E-state index contributed by atoms with van der Waals surface area (Å²) in [6.45, 7) is 9.63. The Kier molecular flexibility index (Phi) is 11.3. The van der Waals surface area contributed by atoms with E-state index < -0.39 is 0 Å². The second-order valence-electron chi connectivity index (χ2n) is 8.08. The molecule has 0 bridgehead atoms. The second kappa shape index (κ2) is 13.6. The molecule has 0 unspecified atom stereocenters. The standard InChI is InChI=1S/C24H37N5O3.HI/c1-6-19(7-2)21-15-20(32-27-21)16-26-24(25-3)29-12-10-28(11-13-29)17-18-8-9-22(30-4)23(14-18)31-5;/h8-9,14-15,19H,6-7,10-13,16-17H2,1-5H3,(H,25,26);1H. The van der Waals surface area contributed by atoms with E-state index >= 15 is 0 Å². The van der Waals surface area contributed by atoms with Crippen molar-refractivity contribution in [3.63, 3.8) is 0 Å². The van der Waals surface area contributed by atoms with Gasteiger partial charge in [-0.3, -0.25) is 9.89 Å². The number of nitrogens with one attached hydrogen (secondary N) is 1. The molecule has 1 aliphatic rings. The first kappa shape index (κ1) is 27.2. The molecule has 1 aliphatic heterocycles. The molecular weight excluding hydrogens is 533 g/mol. The number of methoxy groups -OCH3 is 2. The predicted octanol–water partition coefficient (Wildman–Crippen LogP) is 4.11. The average Bonchev–Trinajstić information content (AvgIpc) is 3.30. The first-order valence-corrected chi connectivity index (χ1v) is 11.5. The van der Waals surface area contributed by atoms with Crippen molar-refractivity contribution in [2.75, 3.05) is 47.4 Å². The van der Waals surface area contributed by atoms with Crippen LogP contribution in [-0.4, -0.2) is 68.4 Å². The molecule has 3 rings (SSSR count). The van der Waals surface area contributed by atoms with Gasteiger partial charge in [0.05, 0.1) is 26.5 Å². The van der Waals surface area contributed by atoms with Crippen molar-refractivity contribution in [1.29, 1.82) is 0 Å². The van der Waals surface area contributed by atoms with E-state index in [1.807, 2.05) is 13.1 Å². The number of rotatable bonds is 9. The number of guanidine groups is 1. The summed E-state index contributed by atoms with van der Waals surface area (Å²) in [5, 5.41) is 7.68. The SMILES string of the molecule is CCC(CC)c1cc(CNC(=NC)N2CCN(Cc3ccc(OC)c(OC)c3)CC2)on1.I. The fourth-order valence-corrected chi connectivity index (χ4v) is 4.17. The maximum Gasteiger partial charge on any atom is 0.194 e. The number of benzene rings is 1. The molecule has 0 aliphatic carbocycles. The van der Waals surface area contributed by atoms with Crippen LogP contribution >= 0.6 is 24.0 Å². The number of aliphatic imine (C=N–C) groups is 1. The van der Waals surface area contributed by atoms with Gasteiger partial charge >= 0.3 is 0 Å². The summed E-state index contributed by atoms with van der Waals surface area (Å²) >= 11 is 0. The van der Waals surface area contributed by atoms with Gasteiger partial charge in [-0.05, 0) is 30.5 Å². The van der Waals surface area contributed by atoms with E-state index in [0.717, 1.165) is 74.5 Å². The molecule has 0 radical (unpaired) electrons. The Morgan fingerprint density at radius 2 is 1.79 bits per heavy atom. The van der Waals surface area contributed by atoms with Crippen molar-refractivity contribution in [1.82, 2.24) is 20.3 Å². The second-order valence-corrected chi connectivity index (χ2v) is 8.08. The Morgan fingerprint density at radius 1 is 1.09 bits per heavy atom. The van der Waals surface area contributed by atoms with E-state index in [0.29, 0.717) is 12.5 Å². The van der Waals surface area contributed by atoms with Crippen molar-refractivity contribution in [3.05, 3.63) is 41.3 Å². The number of halogens is 1. The van der Waals surface area contributed by atoms with E-state index in [1.54, 1.807) is 14.2 Å². The van der Waals surface area contributed by atoms with Gasteiger partial charge in [-0.1, -0.05) is 25.1 Å². The van der Waals surface area contributed by atoms with Crippen LogP contribution in [0, 0.1) is 0 Å². The largest absolute Gasteiger partial charge is 0.493 e. The van der Waals surface area contributed by atoms with Crippen LogP contribution in [0.3, 0.4) is 0 Å². The van der Waals surface area contributed by atoms with Crippen LogP contribution in [0.25, 0.3) is 0 Å². The zero-order chi connectivity index (χ0) is 22.9. The van der Waals surface area contributed by atoms with Gasteiger partial charge in [0.15, 0.2) is 23.2 Å². The van der Waals surface area contributed by atoms with Crippen molar-refractivity contribution in [2.24, 2.45) is 4.99 Å². The number of ether oxygens (including phenoxy) is 2. The van der Waals surface area contributed by atoms with Crippen LogP contribution in [0.15, 0.2) is 33.8 Å². The molecule has 9 heteroatoms. The summed E-state index contributed by atoms with van der Waals surface area (Å²) in [4.78, 5) is 9.22. The first-order chi connectivity index (χ1) is 15.6. The monoisotopic (exact) mass is 571 g/mol. The first-order valence-electron chi connectivity index (χ1n) is 11.5. The smallest absolute Gasteiger partial charge is 0.194 e. The number of aromatic nitrogens is 1. The van der Waals surface area contributed by atoms with Crippen molar-refractivity contribution < 1.29 is 14.0 Å². The summed E-state index contributed by atoms with van der Waals surface area (Å²) in [6, 6.07) is 8.19. The van der Waals surface area contributed by atoms with Gasteiger partial charge in [-0.15, -0.1) is 24.0 Å². The van der Waals surface area contributed by atoms with Crippen LogP contribution in [0.5, 0.6) is 11.5 Å². The number of hydrogen-bond acceptors (Lipinski definition) is 6. The fourth-order valence-electron chi connectivity index (χ4n) is 4.17. The van der Waals surface area contributed by atoms with Crippen LogP contribution in [0.2, 0.25) is 0 Å². The minimum absolute atomic E-state index is 0. The van der Waals surface area contributed by atoms with E-state index in [4.69, 9.17) is 14.0 Å². The molecule has 8 nitrogen and oxygen atoms in total. The number of piperazine rings is 1. The minimum Gasteiger partial charge on any atom is -0.493 e. The zero-order valence-electron chi connectivity index (χ0n) is 20.5. The topological polar surface area (TPSA) is 75.4 Å². The van der Waals surface area contributed by atoms with Gasteiger partial charge in [0.2, 0.25) is 0 Å². The normalized spacial score (nSPS) is 14.8. The molecule has 1 fully saturated rings. The van der Waals surface area contributed by atoms with Crippen LogP contribution in [-0.2, 0) is 13.1 Å². The predicted molar refractivity (Wildman–Crippen MR) is 142 cm³/mol. The Balaban J connectivity index is 0.00000385. The quantitative estimate of drug-likeness (QED) is 0.276. The highest BCUT2D eigenvalue weighted by Crippen LogP contribution is 2.28. The van der Waals surface area contributed by atoms with Gasteiger partial charge < -0.3 is 24.2 Å². The Morgan fingerprint density at radius 3 is 2.39 bits per heavy atom. The molecule has 1 aromatic carbocycles. The van der Waals surface area contributed by atoms with Crippen molar-refractivity contribution >= 4 is 29.9 Å². The molecule has 0 amide bonds. The number of nitrogens with zero attached hydrogens (tertiary/aromatic N) is 4. The molecule has 2 aromatic rings. The maximum absolute atomic E-state index is 5.54. The summed E-state index contributed by atoms with van der Waals surface area (Å²) in [7, 11) is 5.16. The van der Waals surface area contributed by atoms with Crippen molar-refractivity contribution in [3.8, 4) is 11.5 Å². The van der Waals surface area contributed by atoms with Crippen LogP contribution < -0.4 is 14.8 Å². The molecule has 184 valence electrons. The molecule has 0 spiro atoms. The summed E-state index contributed by atoms with van der Waals surface area (Å²) in [5.74, 6) is 3.74. The van der Waals surface area contributed by atoms with Crippen LogP contribution in [0.1, 0.15) is 49.6 Å². The minimum atomic E-state index is 0. The third-order valence-corrected chi connectivity index (χ3v) is 6.14. The molecule has 1 saturated heterocycles.